The molecule has 5 aromatic rings. The molecule has 0 spiro atoms. The molecule has 6 rings (SSSR count). The van der Waals surface area contributed by atoms with Crippen molar-refractivity contribution < 1.29 is 19.2 Å². The largest absolute Gasteiger partial charge is 0.426 e. The van der Waals surface area contributed by atoms with E-state index < -0.39 is 6.10 Å². The van der Waals surface area contributed by atoms with Crippen molar-refractivity contribution in [1.82, 2.24) is 10.1 Å². The molecule has 6 nitrogen and oxygen atoms in total. The summed E-state index contributed by atoms with van der Waals surface area (Å²) in [6.45, 7) is 1.83. The van der Waals surface area contributed by atoms with E-state index in [1.54, 1.807) is 12.4 Å². The monoisotopic (exact) mass is 502 g/mol. The molecular weight excluding hydrogens is 476 g/mol. The van der Waals surface area contributed by atoms with Gasteiger partial charge >= 0.3 is 5.97 Å². The van der Waals surface area contributed by atoms with Gasteiger partial charge in [0.1, 0.15) is 11.9 Å². The SMILES string of the molecule is Cc1noc(-c2ccc(-c3ccc(OC(=O)C4CC4)cc3)cc2)c1C(O)c1cncc(-c2ccccc2)c1. The molecule has 2 aromatic heterocycles. The number of aliphatic hydroxyl groups excluding tert-OH is 1. The normalized spacial score (nSPS) is 13.7. The Labute approximate surface area is 220 Å². The second kappa shape index (κ2) is 10.1. The summed E-state index contributed by atoms with van der Waals surface area (Å²) in [7, 11) is 0. The Balaban J connectivity index is 1.24. The van der Waals surface area contributed by atoms with Crippen molar-refractivity contribution in [2.75, 3.05) is 0 Å². The summed E-state index contributed by atoms with van der Waals surface area (Å²) < 4.78 is 11.1. The third-order valence-electron chi connectivity index (χ3n) is 6.83. The van der Waals surface area contributed by atoms with Crippen LogP contribution >= 0.6 is 0 Å². The van der Waals surface area contributed by atoms with Crippen molar-refractivity contribution in [3.05, 3.63) is 114 Å². The van der Waals surface area contributed by atoms with Gasteiger partial charge in [0, 0.05) is 29.1 Å². The van der Waals surface area contributed by atoms with Crippen molar-refractivity contribution in [3.63, 3.8) is 0 Å². The topological polar surface area (TPSA) is 85.5 Å². The van der Waals surface area contributed by atoms with E-state index in [2.05, 4.69) is 10.1 Å². The molecule has 188 valence electrons. The summed E-state index contributed by atoms with van der Waals surface area (Å²) in [4.78, 5) is 16.3. The van der Waals surface area contributed by atoms with E-state index in [1.165, 1.54) is 0 Å². The van der Waals surface area contributed by atoms with Gasteiger partial charge in [0.05, 0.1) is 17.2 Å². The van der Waals surface area contributed by atoms with Gasteiger partial charge in [-0.15, -0.1) is 0 Å². The summed E-state index contributed by atoms with van der Waals surface area (Å²) in [5.41, 5.74) is 6.68. The number of ether oxygens (including phenoxy) is 1. The third-order valence-corrected chi connectivity index (χ3v) is 6.83. The molecule has 6 heteroatoms. The number of benzene rings is 3. The number of rotatable bonds is 7. The molecule has 1 unspecified atom stereocenters. The molecular formula is C32H26N2O4. The van der Waals surface area contributed by atoms with Gasteiger partial charge in [0.2, 0.25) is 0 Å². The van der Waals surface area contributed by atoms with Crippen LogP contribution in [0, 0.1) is 12.8 Å². The van der Waals surface area contributed by atoms with E-state index in [1.807, 2.05) is 91.9 Å². The van der Waals surface area contributed by atoms with Gasteiger partial charge in [-0.25, -0.2) is 0 Å². The Kier molecular flexibility index (Phi) is 6.32. The summed E-state index contributed by atoms with van der Waals surface area (Å²) >= 11 is 0. The maximum Gasteiger partial charge on any atom is 0.314 e. The van der Waals surface area contributed by atoms with E-state index in [0.29, 0.717) is 28.3 Å². The quantitative estimate of drug-likeness (QED) is 0.195. The fourth-order valence-electron chi connectivity index (χ4n) is 4.52. The van der Waals surface area contributed by atoms with Gasteiger partial charge in [0.25, 0.3) is 0 Å². The predicted octanol–water partition coefficient (Wildman–Crippen LogP) is 6.78. The van der Waals surface area contributed by atoms with Gasteiger partial charge in [-0.2, -0.15) is 0 Å². The average molecular weight is 503 g/mol. The van der Waals surface area contributed by atoms with Crippen LogP contribution in [0.4, 0.5) is 0 Å². The van der Waals surface area contributed by atoms with Gasteiger partial charge in [-0.3, -0.25) is 9.78 Å². The van der Waals surface area contributed by atoms with Crippen LogP contribution in [0.1, 0.15) is 35.8 Å². The van der Waals surface area contributed by atoms with Crippen LogP contribution in [0.5, 0.6) is 5.75 Å². The molecule has 0 aliphatic heterocycles. The second-order valence-corrected chi connectivity index (χ2v) is 9.58. The zero-order valence-corrected chi connectivity index (χ0v) is 20.9. The highest BCUT2D eigenvalue weighted by molar-refractivity contribution is 5.78. The molecule has 1 aliphatic carbocycles. The molecule has 1 saturated carbocycles. The molecule has 1 atom stereocenters. The smallest absolute Gasteiger partial charge is 0.314 e. The predicted molar refractivity (Wildman–Crippen MR) is 144 cm³/mol. The first-order chi connectivity index (χ1) is 18.6. The van der Waals surface area contributed by atoms with E-state index in [0.717, 1.165) is 40.7 Å². The van der Waals surface area contributed by atoms with E-state index in [-0.39, 0.29) is 11.9 Å². The van der Waals surface area contributed by atoms with Crippen molar-refractivity contribution in [2.24, 2.45) is 5.92 Å². The number of hydrogen-bond acceptors (Lipinski definition) is 6. The molecule has 0 radical (unpaired) electrons. The minimum absolute atomic E-state index is 0.0643. The molecule has 1 aliphatic rings. The van der Waals surface area contributed by atoms with Gasteiger partial charge in [0.15, 0.2) is 5.76 Å². The Morgan fingerprint density at radius 3 is 2.18 bits per heavy atom. The number of hydrogen-bond donors (Lipinski definition) is 1. The van der Waals surface area contributed by atoms with Crippen molar-refractivity contribution in [1.29, 1.82) is 0 Å². The van der Waals surface area contributed by atoms with E-state index >= 15 is 0 Å². The van der Waals surface area contributed by atoms with Crippen LogP contribution < -0.4 is 4.74 Å². The Hall–Kier alpha value is -4.55. The number of esters is 1. The highest BCUT2D eigenvalue weighted by Gasteiger charge is 2.31. The molecule has 0 saturated heterocycles. The van der Waals surface area contributed by atoms with Crippen LogP contribution in [0.15, 0.2) is 102 Å². The Bertz CT molecular complexity index is 1570. The summed E-state index contributed by atoms with van der Waals surface area (Å²) in [6.07, 6.45) is 4.35. The van der Waals surface area contributed by atoms with Crippen LogP contribution in [-0.4, -0.2) is 21.2 Å². The number of pyridine rings is 1. The molecule has 2 heterocycles. The van der Waals surface area contributed by atoms with E-state index in [9.17, 15) is 9.90 Å². The van der Waals surface area contributed by atoms with Crippen LogP contribution in [0.3, 0.4) is 0 Å². The second-order valence-electron chi connectivity index (χ2n) is 9.58. The number of carbonyl (C=O) groups excluding carboxylic acids is 1. The third kappa shape index (κ3) is 4.86. The van der Waals surface area contributed by atoms with E-state index in [4.69, 9.17) is 9.26 Å². The van der Waals surface area contributed by atoms with Crippen LogP contribution in [-0.2, 0) is 4.79 Å². The molecule has 1 fully saturated rings. The first-order valence-electron chi connectivity index (χ1n) is 12.6. The molecule has 1 N–H and O–H groups in total. The average Bonchev–Trinajstić information content (AvgIpc) is 3.76. The number of carbonyl (C=O) groups is 1. The first kappa shape index (κ1) is 23.8. The fourth-order valence-corrected chi connectivity index (χ4v) is 4.52. The van der Waals surface area contributed by atoms with Crippen molar-refractivity contribution in [3.8, 4) is 39.3 Å². The number of aromatic nitrogens is 2. The van der Waals surface area contributed by atoms with Crippen molar-refractivity contribution >= 4 is 5.97 Å². The van der Waals surface area contributed by atoms with Gasteiger partial charge in [-0.1, -0.05) is 71.9 Å². The molecule has 0 bridgehead atoms. The lowest BCUT2D eigenvalue weighted by molar-refractivity contribution is -0.135. The molecule has 3 aromatic carbocycles. The maximum absolute atomic E-state index is 11.9. The Morgan fingerprint density at radius 1 is 0.868 bits per heavy atom. The lowest BCUT2D eigenvalue weighted by atomic mass is 9.95. The minimum atomic E-state index is -0.946. The molecule has 0 amide bonds. The summed E-state index contributed by atoms with van der Waals surface area (Å²) in [6, 6.07) is 27.3. The fraction of sp³-hybridized carbons (Fsp3) is 0.156. The first-order valence-corrected chi connectivity index (χ1v) is 12.6. The number of nitrogens with zero attached hydrogens (tertiary/aromatic N) is 2. The zero-order chi connectivity index (χ0) is 26.1. The highest BCUT2D eigenvalue weighted by atomic mass is 16.5. The van der Waals surface area contributed by atoms with Gasteiger partial charge < -0.3 is 14.4 Å². The maximum atomic E-state index is 11.9. The number of aryl methyl sites for hydroxylation is 1. The van der Waals surface area contributed by atoms with Crippen LogP contribution in [0.2, 0.25) is 0 Å². The summed E-state index contributed by atoms with van der Waals surface area (Å²) in [5.74, 6) is 0.998. The summed E-state index contributed by atoms with van der Waals surface area (Å²) in [5, 5.41) is 15.5. The van der Waals surface area contributed by atoms with Crippen molar-refractivity contribution in [2.45, 2.75) is 25.9 Å². The number of aliphatic hydroxyl groups is 1. The lowest BCUT2D eigenvalue weighted by Gasteiger charge is -2.13. The highest BCUT2D eigenvalue weighted by Crippen LogP contribution is 2.36. The van der Waals surface area contributed by atoms with Gasteiger partial charge in [-0.05, 0) is 54.7 Å². The Morgan fingerprint density at radius 2 is 1.50 bits per heavy atom. The zero-order valence-electron chi connectivity index (χ0n) is 20.9. The minimum Gasteiger partial charge on any atom is -0.426 e. The standard InChI is InChI=1S/C32H26N2O4/c1-20-29(30(35)27-17-26(18-33-19-27)21-5-3-2-4-6-21)31(38-34-20)24-9-7-22(8-10-24)23-13-15-28(16-14-23)37-32(36)25-11-12-25/h2-10,13-19,25,30,35H,11-12H2,1H3. The van der Waals surface area contributed by atoms with Crippen LogP contribution in [0.25, 0.3) is 33.6 Å². The molecule has 38 heavy (non-hydrogen) atoms. The lowest BCUT2D eigenvalue weighted by Crippen LogP contribution is -2.09.